The predicted octanol–water partition coefficient (Wildman–Crippen LogP) is 4.21. The summed E-state index contributed by atoms with van der Waals surface area (Å²) in [6, 6.07) is 15.3. The van der Waals surface area contributed by atoms with Crippen molar-refractivity contribution in [1.82, 2.24) is 10.2 Å². The van der Waals surface area contributed by atoms with E-state index in [4.69, 9.17) is 21.1 Å². The molecule has 1 amide bonds. The summed E-state index contributed by atoms with van der Waals surface area (Å²) >= 11 is 6.27. The maximum absolute atomic E-state index is 12.8. The van der Waals surface area contributed by atoms with Crippen molar-refractivity contribution in [3.8, 4) is 5.75 Å². The molecule has 2 unspecified atom stereocenters. The molecule has 29 heavy (non-hydrogen) atoms. The Balaban J connectivity index is 1.66. The maximum Gasteiger partial charge on any atom is 0.234 e. The molecule has 6 heteroatoms. The van der Waals surface area contributed by atoms with E-state index in [1.807, 2.05) is 55.5 Å². The molecule has 2 aromatic carbocycles. The van der Waals surface area contributed by atoms with E-state index in [1.165, 1.54) is 0 Å². The largest absolute Gasteiger partial charge is 0.496 e. The fraction of sp³-hybridized carbons (Fsp3) is 0.435. The van der Waals surface area contributed by atoms with E-state index in [-0.39, 0.29) is 24.6 Å². The lowest BCUT2D eigenvalue weighted by atomic mass is 10.1. The number of methoxy groups -OCH3 is 1. The van der Waals surface area contributed by atoms with Crippen molar-refractivity contribution in [3.63, 3.8) is 0 Å². The Morgan fingerprint density at radius 2 is 2.03 bits per heavy atom. The van der Waals surface area contributed by atoms with Crippen molar-refractivity contribution in [2.75, 3.05) is 26.8 Å². The molecule has 0 radical (unpaired) electrons. The number of carbonyl (C=O) groups excluding carboxylic acids is 1. The monoisotopic (exact) mass is 416 g/mol. The number of nitrogens with one attached hydrogen (secondary N) is 1. The summed E-state index contributed by atoms with van der Waals surface area (Å²) < 4.78 is 11.3. The van der Waals surface area contributed by atoms with Crippen molar-refractivity contribution >= 4 is 17.5 Å². The van der Waals surface area contributed by atoms with Gasteiger partial charge < -0.3 is 14.8 Å². The molecule has 2 aromatic rings. The highest BCUT2D eigenvalue weighted by atomic mass is 35.5. The number of ether oxygens (including phenoxy) is 2. The van der Waals surface area contributed by atoms with Crippen LogP contribution >= 0.6 is 11.6 Å². The molecule has 156 valence electrons. The number of halogens is 1. The molecule has 5 nitrogen and oxygen atoms in total. The minimum Gasteiger partial charge on any atom is -0.496 e. The summed E-state index contributed by atoms with van der Waals surface area (Å²) in [5.74, 6) is 0.792. The Bertz CT molecular complexity index is 808. The molecule has 3 rings (SSSR count). The van der Waals surface area contributed by atoms with E-state index >= 15 is 0 Å². The standard InChI is InChI=1S/C23H29ClN2O3/c1-17(20-10-4-5-11-21(20)24)25-23(27)16-26(15-19-9-7-13-29-19)14-18-8-3-6-12-22(18)28-2/h3-6,8,10-12,17,19H,7,9,13-16H2,1-2H3,(H,25,27). The first-order valence-electron chi connectivity index (χ1n) is 10.1. The number of para-hydroxylation sites is 1. The van der Waals surface area contributed by atoms with Gasteiger partial charge in [-0.25, -0.2) is 0 Å². The van der Waals surface area contributed by atoms with Gasteiger partial charge in [-0.1, -0.05) is 48.0 Å². The topological polar surface area (TPSA) is 50.8 Å². The van der Waals surface area contributed by atoms with Crippen LogP contribution in [0.2, 0.25) is 5.02 Å². The van der Waals surface area contributed by atoms with E-state index in [0.717, 1.165) is 36.3 Å². The highest BCUT2D eigenvalue weighted by molar-refractivity contribution is 6.31. The number of amides is 1. The number of hydrogen-bond acceptors (Lipinski definition) is 4. The first-order chi connectivity index (χ1) is 14.1. The Hall–Kier alpha value is -2.08. The van der Waals surface area contributed by atoms with Gasteiger partial charge in [0.1, 0.15) is 5.75 Å². The van der Waals surface area contributed by atoms with Gasteiger partial charge in [-0.15, -0.1) is 0 Å². The van der Waals surface area contributed by atoms with E-state index < -0.39 is 0 Å². The zero-order valence-electron chi connectivity index (χ0n) is 17.1. The molecule has 0 bridgehead atoms. The van der Waals surface area contributed by atoms with Gasteiger partial charge in [-0.2, -0.15) is 0 Å². The van der Waals surface area contributed by atoms with E-state index in [0.29, 0.717) is 18.1 Å². The summed E-state index contributed by atoms with van der Waals surface area (Å²) in [5.41, 5.74) is 1.97. The summed E-state index contributed by atoms with van der Waals surface area (Å²) in [6.07, 6.45) is 2.27. The molecular weight excluding hydrogens is 388 g/mol. The van der Waals surface area contributed by atoms with Gasteiger partial charge >= 0.3 is 0 Å². The fourth-order valence-electron chi connectivity index (χ4n) is 3.73. The van der Waals surface area contributed by atoms with Crippen molar-refractivity contribution in [3.05, 3.63) is 64.7 Å². The highest BCUT2D eigenvalue weighted by Crippen LogP contribution is 2.23. The number of nitrogens with zero attached hydrogens (tertiary/aromatic N) is 1. The lowest BCUT2D eigenvalue weighted by Crippen LogP contribution is -2.41. The van der Waals surface area contributed by atoms with Crippen LogP contribution in [0.4, 0.5) is 0 Å². The zero-order valence-corrected chi connectivity index (χ0v) is 17.8. The maximum atomic E-state index is 12.8. The molecule has 1 aliphatic heterocycles. The second-order valence-electron chi connectivity index (χ2n) is 7.43. The number of rotatable bonds is 9. The summed E-state index contributed by atoms with van der Waals surface area (Å²) in [7, 11) is 1.67. The average Bonchev–Trinajstić information content (AvgIpc) is 3.21. The molecule has 1 fully saturated rings. The van der Waals surface area contributed by atoms with Crippen LogP contribution in [-0.4, -0.2) is 43.7 Å². The van der Waals surface area contributed by atoms with Gasteiger partial charge in [0.15, 0.2) is 0 Å². The lowest BCUT2D eigenvalue weighted by Gasteiger charge is -2.26. The minimum absolute atomic E-state index is 0.0367. The number of hydrogen-bond donors (Lipinski definition) is 1. The third kappa shape index (κ3) is 6.20. The number of benzene rings is 2. The summed E-state index contributed by atoms with van der Waals surface area (Å²) in [6.45, 7) is 4.36. The molecule has 1 aliphatic rings. The Morgan fingerprint density at radius 3 is 2.76 bits per heavy atom. The molecule has 0 aliphatic carbocycles. The molecule has 2 atom stereocenters. The second kappa shape index (κ2) is 10.6. The first-order valence-corrected chi connectivity index (χ1v) is 10.4. The third-order valence-electron chi connectivity index (χ3n) is 5.19. The SMILES string of the molecule is COc1ccccc1CN(CC(=O)NC(C)c1ccccc1Cl)CC1CCCO1. The number of carbonyl (C=O) groups is 1. The lowest BCUT2D eigenvalue weighted by molar-refractivity contribution is -0.123. The average molecular weight is 417 g/mol. The van der Waals surface area contributed by atoms with Crippen LogP contribution in [0.5, 0.6) is 5.75 Å². The minimum atomic E-state index is -0.160. The van der Waals surface area contributed by atoms with Crippen LogP contribution in [0, 0.1) is 0 Å². The van der Waals surface area contributed by atoms with Crippen LogP contribution in [0.15, 0.2) is 48.5 Å². The molecule has 0 spiro atoms. The van der Waals surface area contributed by atoms with Crippen molar-refractivity contribution in [2.45, 2.75) is 38.5 Å². The molecule has 0 aromatic heterocycles. The van der Waals surface area contributed by atoms with Crippen molar-refractivity contribution in [2.24, 2.45) is 0 Å². The summed E-state index contributed by atoms with van der Waals surface area (Å²) in [4.78, 5) is 14.9. The Morgan fingerprint density at radius 1 is 1.28 bits per heavy atom. The van der Waals surface area contributed by atoms with E-state index in [9.17, 15) is 4.79 Å². The van der Waals surface area contributed by atoms with Gasteiger partial charge in [0, 0.05) is 30.3 Å². The van der Waals surface area contributed by atoms with Crippen LogP contribution in [-0.2, 0) is 16.1 Å². The Kier molecular flexibility index (Phi) is 7.92. The molecule has 1 saturated heterocycles. The predicted molar refractivity (Wildman–Crippen MR) is 115 cm³/mol. The van der Waals surface area contributed by atoms with Gasteiger partial charge in [0.2, 0.25) is 5.91 Å². The van der Waals surface area contributed by atoms with Gasteiger partial charge in [-0.3, -0.25) is 9.69 Å². The molecule has 1 N–H and O–H groups in total. The second-order valence-corrected chi connectivity index (χ2v) is 7.83. The fourth-order valence-corrected chi connectivity index (χ4v) is 4.03. The van der Waals surface area contributed by atoms with E-state index in [2.05, 4.69) is 10.2 Å². The van der Waals surface area contributed by atoms with Crippen LogP contribution in [0.25, 0.3) is 0 Å². The van der Waals surface area contributed by atoms with Gasteiger partial charge in [0.25, 0.3) is 0 Å². The van der Waals surface area contributed by atoms with Gasteiger partial charge in [0.05, 0.1) is 25.8 Å². The van der Waals surface area contributed by atoms with Crippen LogP contribution in [0.1, 0.15) is 36.9 Å². The highest BCUT2D eigenvalue weighted by Gasteiger charge is 2.22. The van der Waals surface area contributed by atoms with Crippen LogP contribution < -0.4 is 10.1 Å². The van der Waals surface area contributed by atoms with E-state index in [1.54, 1.807) is 7.11 Å². The molecule has 0 saturated carbocycles. The summed E-state index contributed by atoms with van der Waals surface area (Å²) in [5, 5.41) is 3.73. The van der Waals surface area contributed by atoms with Gasteiger partial charge in [-0.05, 0) is 37.5 Å². The smallest absolute Gasteiger partial charge is 0.234 e. The Labute approximate surface area is 177 Å². The van der Waals surface area contributed by atoms with Crippen LogP contribution in [0.3, 0.4) is 0 Å². The zero-order chi connectivity index (χ0) is 20.6. The third-order valence-corrected chi connectivity index (χ3v) is 5.53. The van der Waals surface area contributed by atoms with Crippen molar-refractivity contribution in [1.29, 1.82) is 0 Å². The first kappa shape index (κ1) is 21.6. The normalized spacial score (nSPS) is 17.3. The van der Waals surface area contributed by atoms with Crippen molar-refractivity contribution < 1.29 is 14.3 Å². The molecule has 1 heterocycles. The molecular formula is C23H29ClN2O3. The quantitative estimate of drug-likeness (QED) is 0.665.